The molecule has 0 aromatic heterocycles. The zero-order valence-electron chi connectivity index (χ0n) is 23.1. The van der Waals surface area contributed by atoms with Gasteiger partial charge in [-0.25, -0.2) is 4.79 Å². The van der Waals surface area contributed by atoms with E-state index in [4.69, 9.17) is 4.74 Å². The molecule has 3 atom stereocenters. The van der Waals surface area contributed by atoms with Crippen molar-refractivity contribution in [3.8, 4) is 0 Å². The van der Waals surface area contributed by atoms with Gasteiger partial charge in [0.05, 0.1) is 0 Å². The van der Waals surface area contributed by atoms with Crippen LogP contribution in [0.25, 0.3) is 0 Å². The number of carbonyl (C=O) groups is 3. The molecule has 0 aliphatic heterocycles. The molecule has 2 aromatic carbocycles. The molecule has 196 valence electrons. The second kappa shape index (κ2) is 12.1. The molecule has 0 aliphatic carbocycles. The fourth-order valence-electron chi connectivity index (χ4n) is 3.85. The van der Waals surface area contributed by atoms with Crippen LogP contribution in [0.15, 0.2) is 42.5 Å². The van der Waals surface area contributed by atoms with Crippen molar-refractivity contribution in [3.63, 3.8) is 0 Å². The van der Waals surface area contributed by atoms with Gasteiger partial charge in [0, 0.05) is 11.7 Å². The summed E-state index contributed by atoms with van der Waals surface area (Å²) in [5, 5.41) is 5.66. The Hall–Kier alpha value is -3.35. The van der Waals surface area contributed by atoms with Crippen molar-refractivity contribution in [1.82, 2.24) is 10.2 Å². The Morgan fingerprint density at radius 3 is 2.14 bits per heavy atom. The standard InChI is InChI=1S/C29H41N3O4/c1-10-21(5)32(27(34)22(6)30-28(35)36-29(7,8)9)25(23-16-15-18(2)20(4)17-23)26(33)31-24-14-12-11-13-19(24)3/h11-17,21-22,25H,10H2,1-9H3,(H,30,35)(H,31,33). The van der Waals surface area contributed by atoms with Crippen LogP contribution in [0.1, 0.15) is 76.3 Å². The Morgan fingerprint density at radius 2 is 1.58 bits per heavy atom. The lowest BCUT2D eigenvalue weighted by molar-refractivity contribution is -0.143. The smallest absolute Gasteiger partial charge is 0.408 e. The molecule has 0 aliphatic rings. The molecule has 36 heavy (non-hydrogen) atoms. The molecule has 0 saturated carbocycles. The van der Waals surface area contributed by atoms with Crippen LogP contribution in [0.5, 0.6) is 0 Å². The molecule has 2 aromatic rings. The van der Waals surface area contributed by atoms with Gasteiger partial charge < -0.3 is 20.3 Å². The molecular formula is C29H41N3O4. The summed E-state index contributed by atoms with van der Waals surface area (Å²) in [6, 6.07) is 11.3. The lowest BCUT2D eigenvalue weighted by Gasteiger charge is -2.37. The molecule has 2 N–H and O–H groups in total. The molecule has 3 amide bonds. The Kier molecular flexibility index (Phi) is 9.68. The molecule has 0 radical (unpaired) electrons. The molecule has 0 fully saturated rings. The van der Waals surface area contributed by atoms with E-state index >= 15 is 0 Å². The fraction of sp³-hybridized carbons (Fsp3) is 0.483. The lowest BCUT2D eigenvalue weighted by atomic mass is 9.96. The van der Waals surface area contributed by atoms with Crippen LogP contribution in [0.4, 0.5) is 10.5 Å². The zero-order valence-corrected chi connectivity index (χ0v) is 23.1. The van der Waals surface area contributed by atoms with E-state index in [-0.39, 0.29) is 17.9 Å². The number of aryl methyl sites for hydroxylation is 3. The third-order valence-electron chi connectivity index (χ3n) is 6.20. The van der Waals surface area contributed by atoms with Crippen LogP contribution in [-0.2, 0) is 14.3 Å². The van der Waals surface area contributed by atoms with E-state index in [2.05, 4.69) is 10.6 Å². The van der Waals surface area contributed by atoms with Crippen molar-refractivity contribution >= 4 is 23.6 Å². The van der Waals surface area contributed by atoms with E-state index in [1.165, 1.54) is 0 Å². The minimum atomic E-state index is -0.894. The first-order valence-electron chi connectivity index (χ1n) is 12.5. The summed E-state index contributed by atoms with van der Waals surface area (Å²) >= 11 is 0. The normalized spacial score (nSPS) is 13.8. The van der Waals surface area contributed by atoms with E-state index in [1.54, 1.807) is 32.6 Å². The molecule has 0 heterocycles. The van der Waals surface area contributed by atoms with Crippen LogP contribution in [0, 0.1) is 20.8 Å². The highest BCUT2D eigenvalue weighted by Crippen LogP contribution is 2.29. The summed E-state index contributed by atoms with van der Waals surface area (Å²) in [6.07, 6.45) is -0.0521. The number of amides is 3. The van der Waals surface area contributed by atoms with Gasteiger partial charge in [0.2, 0.25) is 5.91 Å². The number of rotatable bonds is 8. The van der Waals surface area contributed by atoms with Gasteiger partial charge in [0.1, 0.15) is 17.7 Å². The summed E-state index contributed by atoms with van der Waals surface area (Å²) < 4.78 is 5.34. The first-order valence-corrected chi connectivity index (χ1v) is 12.5. The van der Waals surface area contributed by atoms with Crippen molar-refractivity contribution in [2.75, 3.05) is 5.32 Å². The number of nitrogens with one attached hydrogen (secondary N) is 2. The van der Waals surface area contributed by atoms with Crippen molar-refractivity contribution in [2.24, 2.45) is 0 Å². The second-order valence-corrected chi connectivity index (χ2v) is 10.4. The van der Waals surface area contributed by atoms with Crippen LogP contribution in [0.2, 0.25) is 0 Å². The number of anilines is 1. The first-order chi connectivity index (χ1) is 16.7. The maximum atomic E-state index is 13.8. The lowest BCUT2D eigenvalue weighted by Crippen LogP contribution is -2.53. The van der Waals surface area contributed by atoms with Gasteiger partial charge in [0.25, 0.3) is 5.91 Å². The molecule has 2 rings (SSSR count). The van der Waals surface area contributed by atoms with Gasteiger partial charge in [-0.15, -0.1) is 0 Å². The van der Waals surface area contributed by atoms with E-state index in [9.17, 15) is 14.4 Å². The van der Waals surface area contributed by atoms with Crippen LogP contribution in [0.3, 0.4) is 0 Å². The van der Waals surface area contributed by atoms with Gasteiger partial charge in [-0.05, 0) is 90.1 Å². The van der Waals surface area contributed by atoms with Crippen molar-refractivity contribution in [1.29, 1.82) is 0 Å². The maximum Gasteiger partial charge on any atom is 0.408 e. The SMILES string of the molecule is CCC(C)N(C(=O)C(C)NC(=O)OC(C)(C)C)C(C(=O)Nc1ccccc1C)c1ccc(C)c(C)c1. The highest BCUT2D eigenvalue weighted by Gasteiger charge is 2.37. The number of ether oxygens (including phenoxy) is 1. The summed E-state index contributed by atoms with van der Waals surface area (Å²) in [7, 11) is 0. The predicted octanol–water partition coefficient (Wildman–Crippen LogP) is 5.83. The third-order valence-corrected chi connectivity index (χ3v) is 6.20. The maximum absolute atomic E-state index is 13.8. The van der Waals surface area contributed by atoms with Gasteiger partial charge in [0.15, 0.2) is 0 Å². The van der Waals surface area contributed by atoms with E-state index in [0.29, 0.717) is 17.7 Å². The molecular weight excluding hydrogens is 454 g/mol. The quantitative estimate of drug-likeness (QED) is 0.482. The van der Waals surface area contributed by atoms with Gasteiger partial charge >= 0.3 is 6.09 Å². The Bertz CT molecular complexity index is 1090. The summed E-state index contributed by atoms with van der Waals surface area (Å²) in [5.74, 6) is -0.677. The summed E-state index contributed by atoms with van der Waals surface area (Å²) in [5.41, 5.74) is 3.75. The Morgan fingerprint density at radius 1 is 0.944 bits per heavy atom. The van der Waals surface area contributed by atoms with Gasteiger partial charge in [-0.3, -0.25) is 9.59 Å². The molecule has 0 spiro atoms. The molecule has 7 nitrogen and oxygen atoms in total. The van der Waals surface area contributed by atoms with Crippen molar-refractivity contribution < 1.29 is 19.1 Å². The number of carbonyl (C=O) groups excluding carboxylic acids is 3. The number of hydrogen-bond donors (Lipinski definition) is 2. The zero-order chi connectivity index (χ0) is 27.2. The van der Waals surface area contributed by atoms with Crippen LogP contribution >= 0.6 is 0 Å². The van der Waals surface area contributed by atoms with Gasteiger partial charge in [-0.2, -0.15) is 0 Å². The fourth-order valence-corrected chi connectivity index (χ4v) is 3.85. The third kappa shape index (κ3) is 7.57. The monoisotopic (exact) mass is 495 g/mol. The Labute approximate surface area is 215 Å². The second-order valence-electron chi connectivity index (χ2n) is 10.4. The van der Waals surface area contributed by atoms with E-state index in [0.717, 1.165) is 16.7 Å². The average molecular weight is 496 g/mol. The summed E-state index contributed by atoms with van der Waals surface area (Å²) in [6.45, 7) is 16.7. The predicted molar refractivity (Wildman–Crippen MR) is 144 cm³/mol. The molecule has 3 unspecified atom stereocenters. The average Bonchev–Trinajstić information content (AvgIpc) is 2.78. The molecule has 0 bridgehead atoms. The van der Waals surface area contributed by atoms with Crippen molar-refractivity contribution in [2.45, 2.75) is 92.5 Å². The molecule has 7 heteroatoms. The topological polar surface area (TPSA) is 87.7 Å². The highest BCUT2D eigenvalue weighted by atomic mass is 16.6. The minimum absolute atomic E-state index is 0.269. The summed E-state index contributed by atoms with van der Waals surface area (Å²) in [4.78, 5) is 41.6. The number of benzene rings is 2. The number of hydrogen-bond acceptors (Lipinski definition) is 4. The Balaban J connectivity index is 2.51. The van der Waals surface area contributed by atoms with Crippen LogP contribution < -0.4 is 10.6 Å². The number of para-hydroxylation sites is 1. The van der Waals surface area contributed by atoms with E-state index < -0.39 is 23.8 Å². The van der Waals surface area contributed by atoms with Crippen LogP contribution in [-0.4, -0.2) is 40.5 Å². The molecule has 0 saturated heterocycles. The van der Waals surface area contributed by atoms with E-state index in [1.807, 2.05) is 77.1 Å². The van der Waals surface area contributed by atoms with Crippen molar-refractivity contribution in [3.05, 3.63) is 64.7 Å². The van der Waals surface area contributed by atoms with Gasteiger partial charge in [-0.1, -0.05) is 43.3 Å². The number of alkyl carbamates (subject to hydrolysis) is 1. The largest absolute Gasteiger partial charge is 0.444 e. The number of nitrogens with zero attached hydrogens (tertiary/aromatic N) is 1. The first kappa shape index (κ1) is 28.9. The minimum Gasteiger partial charge on any atom is -0.444 e. The highest BCUT2D eigenvalue weighted by molar-refractivity contribution is 5.99.